The second-order valence-corrected chi connectivity index (χ2v) is 10.6. The zero-order valence-electron chi connectivity index (χ0n) is 23.9. The molecule has 1 saturated heterocycles. The number of aromatic nitrogens is 1. The first-order valence-electron chi connectivity index (χ1n) is 13.9. The Kier molecular flexibility index (Phi) is 10.5. The SMILES string of the molecule is C[C@H](N)c1oc(-c2ccc(OC(F)F)c(OCC3CC3)c2)nc1C(=O)N1CCN(C(=O)OCc2ccccc2)[C@H](C)C1.Cl. The van der Waals surface area contributed by atoms with E-state index in [1.165, 1.54) is 18.2 Å². The molecule has 0 radical (unpaired) electrons. The number of amides is 2. The molecule has 5 rings (SSSR count). The molecule has 3 aromatic rings. The largest absolute Gasteiger partial charge is 0.489 e. The summed E-state index contributed by atoms with van der Waals surface area (Å²) in [5, 5.41) is 0. The van der Waals surface area contributed by atoms with Gasteiger partial charge in [0.1, 0.15) is 6.61 Å². The molecule has 2 aromatic carbocycles. The van der Waals surface area contributed by atoms with E-state index in [9.17, 15) is 18.4 Å². The minimum absolute atomic E-state index is 0. The normalized spacial score (nSPS) is 17.3. The van der Waals surface area contributed by atoms with Crippen LogP contribution in [0.2, 0.25) is 0 Å². The predicted octanol–water partition coefficient (Wildman–Crippen LogP) is 5.66. The molecule has 2 fully saturated rings. The van der Waals surface area contributed by atoms with Gasteiger partial charge in [-0.25, -0.2) is 9.78 Å². The molecular weight excluding hydrogens is 586 g/mol. The highest BCUT2D eigenvalue weighted by molar-refractivity contribution is 5.94. The van der Waals surface area contributed by atoms with Crippen LogP contribution >= 0.6 is 12.4 Å². The Labute approximate surface area is 254 Å². The smallest absolute Gasteiger partial charge is 0.410 e. The van der Waals surface area contributed by atoms with Crippen molar-refractivity contribution in [2.75, 3.05) is 26.2 Å². The minimum Gasteiger partial charge on any atom is -0.489 e. The second kappa shape index (κ2) is 14.0. The lowest BCUT2D eigenvalue weighted by Crippen LogP contribution is -2.55. The molecule has 1 aliphatic heterocycles. The average Bonchev–Trinajstić information content (AvgIpc) is 3.70. The molecule has 2 N–H and O–H groups in total. The first-order valence-corrected chi connectivity index (χ1v) is 13.9. The standard InChI is InChI=1S/C30H34F2N4O6.ClH/c1-18-15-35(12-13-36(18)30(38)40-17-20-6-4-3-5-7-20)28(37)25-26(19(2)33)42-27(34-25)22-10-11-23(41-29(31)32)24(14-22)39-16-21-8-9-21;/h3-7,10-11,14,18-19,21,29H,8-9,12-13,15-17,33H2,1-2H3;1H/t18-,19+;/m1./s1. The van der Waals surface area contributed by atoms with Crippen molar-refractivity contribution in [2.24, 2.45) is 11.7 Å². The highest BCUT2D eigenvalue weighted by Crippen LogP contribution is 2.37. The summed E-state index contributed by atoms with van der Waals surface area (Å²) in [4.78, 5) is 34.0. The average molecular weight is 621 g/mol. The zero-order valence-corrected chi connectivity index (χ0v) is 24.7. The monoisotopic (exact) mass is 620 g/mol. The first kappa shape index (κ1) is 32.0. The first-order chi connectivity index (χ1) is 20.2. The Morgan fingerprint density at radius 2 is 1.86 bits per heavy atom. The lowest BCUT2D eigenvalue weighted by atomic mass is 10.1. The quantitative estimate of drug-likeness (QED) is 0.308. The molecule has 43 heavy (non-hydrogen) atoms. The van der Waals surface area contributed by atoms with E-state index >= 15 is 0 Å². The van der Waals surface area contributed by atoms with E-state index in [4.69, 9.17) is 19.6 Å². The van der Waals surface area contributed by atoms with Crippen LogP contribution in [-0.2, 0) is 11.3 Å². The number of halogens is 3. The fraction of sp³-hybridized carbons (Fsp3) is 0.433. The summed E-state index contributed by atoms with van der Waals surface area (Å²) in [6.07, 6.45) is 1.60. The lowest BCUT2D eigenvalue weighted by molar-refractivity contribution is -0.0515. The maximum absolute atomic E-state index is 13.6. The Hall–Kier alpha value is -3.90. The van der Waals surface area contributed by atoms with E-state index in [0.717, 1.165) is 18.4 Å². The molecule has 2 aliphatic rings. The molecule has 1 saturated carbocycles. The van der Waals surface area contributed by atoms with E-state index in [-0.39, 0.29) is 79.4 Å². The van der Waals surface area contributed by atoms with Crippen molar-refractivity contribution in [3.05, 3.63) is 65.5 Å². The van der Waals surface area contributed by atoms with Gasteiger partial charge in [-0.2, -0.15) is 8.78 Å². The Balaban J connectivity index is 0.00000423. The fourth-order valence-electron chi connectivity index (χ4n) is 4.72. The van der Waals surface area contributed by atoms with Gasteiger partial charge in [0, 0.05) is 31.2 Å². The third kappa shape index (κ3) is 7.94. The molecule has 0 bridgehead atoms. The van der Waals surface area contributed by atoms with Crippen LogP contribution in [0.25, 0.3) is 11.5 Å². The number of nitrogens with zero attached hydrogens (tertiary/aromatic N) is 3. The number of piperazine rings is 1. The minimum atomic E-state index is -3.01. The van der Waals surface area contributed by atoms with Gasteiger partial charge in [-0.3, -0.25) is 4.79 Å². The second-order valence-electron chi connectivity index (χ2n) is 10.6. The van der Waals surface area contributed by atoms with Gasteiger partial charge >= 0.3 is 12.7 Å². The van der Waals surface area contributed by atoms with Gasteiger partial charge in [-0.1, -0.05) is 30.3 Å². The van der Waals surface area contributed by atoms with Crippen molar-refractivity contribution in [3.63, 3.8) is 0 Å². The van der Waals surface area contributed by atoms with Gasteiger partial charge in [-0.05, 0) is 56.4 Å². The van der Waals surface area contributed by atoms with Gasteiger partial charge in [0.2, 0.25) is 5.89 Å². The van der Waals surface area contributed by atoms with E-state index < -0.39 is 18.7 Å². The topological polar surface area (TPSA) is 120 Å². The maximum Gasteiger partial charge on any atom is 0.410 e. The fourth-order valence-corrected chi connectivity index (χ4v) is 4.72. The molecule has 13 heteroatoms. The summed E-state index contributed by atoms with van der Waals surface area (Å²) in [5.41, 5.74) is 7.50. The van der Waals surface area contributed by atoms with Crippen LogP contribution in [-0.4, -0.2) is 65.7 Å². The number of nitrogens with two attached hydrogens (primary N) is 1. The van der Waals surface area contributed by atoms with E-state index in [2.05, 4.69) is 9.72 Å². The van der Waals surface area contributed by atoms with Crippen LogP contribution in [0.5, 0.6) is 11.5 Å². The molecule has 2 amide bonds. The number of ether oxygens (including phenoxy) is 3. The summed E-state index contributed by atoms with van der Waals surface area (Å²) in [7, 11) is 0. The molecular formula is C30H35ClF2N4O6. The zero-order chi connectivity index (χ0) is 29.8. The number of rotatable bonds is 10. The van der Waals surface area contributed by atoms with Crippen LogP contribution in [0.3, 0.4) is 0 Å². The van der Waals surface area contributed by atoms with Crippen LogP contribution in [0.15, 0.2) is 52.9 Å². The van der Waals surface area contributed by atoms with Crippen molar-refractivity contribution in [3.8, 4) is 23.0 Å². The van der Waals surface area contributed by atoms with Crippen molar-refractivity contribution in [1.29, 1.82) is 0 Å². The number of alkyl halides is 2. The summed E-state index contributed by atoms with van der Waals surface area (Å²) < 4.78 is 47.7. The van der Waals surface area contributed by atoms with Crippen LogP contribution in [0.1, 0.15) is 54.5 Å². The van der Waals surface area contributed by atoms with Gasteiger partial charge < -0.3 is 34.2 Å². The number of hydrogen-bond donors (Lipinski definition) is 1. The summed E-state index contributed by atoms with van der Waals surface area (Å²) >= 11 is 0. The van der Waals surface area contributed by atoms with Crippen LogP contribution in [0.4, 0.5) is 13.6 Å². The molecule has 10 nitrogen and oxygen atoms in total. The third-order valence-electron chi connectivity index (χ3n) is 7.20. The number of carbonyl (C=O) groups excluding carboxylic acids is 2. The molecule has 232 valence electrons. The lowest BCUT2D eigenvalue weighted by Gasteiger charge is -2.38. The molecule has 1 aliphatic carbocycles. The molecule has 1 aromatic heterocycles. The summed E-state index contributed by atoms with van der Waals surface area (Å²) in [6, 6.07) is 12.8. The van der Waals surface area contributed by atoms with Crippen LogP contribution < -0.4 is 15.2 Å². The van der Waals surface area contributed by atoms with Gasteiger partial charge in [0.25, 0.3) is 5.91 Å². The third-order valence-corrected chi connectivity index (χ3v) is 7.20. The van der Waals surface area contributed by atoms with Crippen molar-refractivity contribution < 1.29 is 37.0 Å². The Morgan fingerprint density at radius 1 is 1.12 bits per heavy atom. The number of benzene rings is 2. The van der Waals surface area contributed by atoms with E-state index in [1.54, 1.807) is 16.7 Å². The van der Waals surface area contributed by atoms with Crippen molar-refractivity contribution in [1.82, 2.24) is 14.8 Å². The van der Waals surface area contributed by atoms with Crippen molar-refractivity contribution >= 4 is 24.4 Å². The Bertz CT molecular complexity index is 1400. The number of carbonyl (C=O) groups is 2. The summed E-state index contributed by atoms with van der Waals surface area (Å²) in [5.74, 6) is 0.333. The molecule has 2 heterocycles. The Morgan fingerprint density at radius 3 is 2.51 bits per heavy atom. The van der Waals surface area contributed by atoms with Gasteiger partial charge in [0.05, 0.1) is 12.6 Å². The van der Waals surface area contributed by atoms with Crippen molar-refractivity contribution in [2.45, 2.75) is 52.0 Å². The van der Waals surface area contributed by atoms with Gasteiger partial charge in [-0.15, -0.1) is 12.4 Å². The molecule has 0 spiro atoms. The van der Waals surface area contributed by atoms with E-state index in [0.29, 0.717) is 18.1 Å². The molecule has 2 atom stereocenters. The predicted molar refractivity (Wildman–Crippen MR) is 155 cm³/mol. The summed E-state index contributed by atoms with van der Waals surface area (Å²) in [6.45, 7) is 1.86. The van der Waals surface area contributed by atoms with E-state index in [1.807, 2.05) is 37.3 Å². The highest BCUT2D eigenvalue weighted by atomic mass is 35.5. The van der Waals surface area contributed by atoms with Gasteiger partial charge in [0.15, 0.2) is 23.0 Å². The number of hydrogen-bond acceptors (Lipinski definition) is 8. The highest BCUT2D eigenvalue weighted by Gasteiger charge is 2.34. The van der Waals surface area contributed by atoms with Crippen LogP contribution in [0, 0.1) is 5.92 Å². The molecule has 0 unspecified atom stereocenters. The maximum atomic E-state index is 13.6. The number of oxazole rings is 1.